The van der Waals surface area contributed by atoms with Gasteiger partial charge in [-0.1, -0.05) is 83.6 Å². The third kappa shape index (κ3) is 13.8. The van der Waals surface area contributed by atoms with Crippen LogP contribution in [0.5, 0.6) is 11.5 Å². The number of nitrogens with two attached hydrogens (primary N) is 2. The lowest BCUT2D eigenvalue weighted by molar-refractivity contribution is 0.111. The first kappa shape index (κ1) is 51.0. The Balaban J connectivity index is 1.27. The second kappa shape index (κ2) is 23.6. The Morgan fingerprint density at radius 3 is 1.21 bits per heavy atom. The molecule has 15 heteroatoms. The van der Waals surface area contributed by atoms with Crippen LogP contribution < -0.4 is 20.9 Å². The molecule has 0 saturated heterocycles. The quantitative estimate of drug-likeness (QED) is 0.0438. The van der Waals surface area contributed by atoms with Crippen LogP contribution in [0.25, 0.3) is 22.3 Å². The standard InChI is InChI=1S/C52H62N4O8S3/c1-37-15-19-39(20-16-37)66(57,58)33-31-61-27-29-63-47-23-25-49(43(35-55(3)4)51(47)41-11-7-9-13-45(41)53)65-50-26-24-48(52(44(50)36-56(5)6)42-12-8-10-14-46(42)54)64-30-28-62-32-34-67(59,60)40-21-17-38(2)18-22-40/h7-26H,27-36,53-54H2,1-6H3. The summed E-state index contributed by atoms with van der Waals surface area (Å²) in [5.74, 6) is 0.973. The van der Waals surface area contributed by atoms with Gasteiger partial charge in [0.05, 0.1) is 47.7 Å². The Hall–Kier alpha value is -5.39. The second-order valence-electron chi connectivity index (χ2n) is 16.8. The molecule has 356 valence electrons. The summed E-state index contributed by atoms with van der Waals surface area (Å²) in [5.41, 5.74) is 22.0. The van der Waals surface area contributed by atoms with E-state index in [1.54, 1.807) is 60.3 Å². The molecule has 6 aromatic carbocycles. The minimum Gasteiger partial charge on any atom is -0.491 e. The smallest absolute Gasteiger partial charge is 0.180 e. The molecule has 0 atom stereocenters. The Labute approximate surface area is 401 Å². The van der Waals surface area contributed by atoms with Crippen molar-refractivity contribution in [2.45, 2.75) is 46.5 Å². The summed E-state index contributed by atoms with van der Waals surface area (Å²) in [6, 6.07) is 37.1. The number of benzene rings is 6. The highest BCUT2D eigenvalue weighted by molar-refractivity contribution is 7.99. The molecule has 4 N–H and O–H groups in total. The maximum atomic E-state index is 12.9. The zero-order valence-electron chi connectivity index (χ0n) is 39.2. The molecule has 6 aromatic rings. The van der Waals surface area contributed by atoms with Gasteiger partial charge in [-0.2, -0.15) is 0 Å². The normalized spacial score (nSPS) is 11.9. The largest absolute Gasteiger partial charge is 0.491 e. The number of hydrogen-bond acceptors (Lipinski definition) is 13. The molecule has 0 fully saturated rings. The van der Waals surface area contributed by atoms with Crippen LogP contribution in [0.4, 0.5) is 11.4 Å². The lowest BCUT2D eigenvalue weighted by atomic mass is 9.96. The molecule has 0 spiro atoms. The van der Waals surface area contributed by atoms with Crippen LogP contribution in [0.15, 0.2) is 141 Å². The van der Waals surface area contributed by atoms with E-state index in [0.29, 0.717) is 36.0 Å². The summed E-state index contributed by atoms with van der Waals surface area (Å²) < 4.78 is 76.1. The maximum absolute atomic E-state index is 12.9. The van der Waals surface area contributed by atoms with E-state index in [1.165, 1.54) is 0 Å². The zero-order valence-corrected chi connectivity index (χ0v) is 41.6. The van der Waals surface area contributed by atoms with E-state index in [1.807, 2.05) is 103 Å². The van der Waals surface area contributed by atoms with Crippen LogP contribution in [0.3, 0.4) is 0 Å². The first-order valence-corrected chi connectivity index (χ1v) is 26.1. The van der Waals surface area contributed by atoms with Gasteiger partial charge in [0, 0.05) is 56.5 Å². The van der Waals surface area contributed by atoms with Gasteiger partial charge in [0.25, 0.3) is 0 Å². The van der Waals surface area contributed by atoms with Crippen LogP contribution in [-0.2, 0) is 42.2 Å². The number of nitrogen functional groups attached to an aromatic ring is 2. The predicted octanol–water partition coefficient (Wildman–Crippen LogP) is 8.81. The van der Waals surface area contributed by atoms with Crippen molar-refractivity contribution in [3.05, 3.63) is 144 Å². The van der Waals surface area contributed by atoms with E-state index in [-0.39, 0.29) is 60.9 Å². The van der Waals surface area contributed by atoms with E-state index in [4.69, 9.17) is 30.4 Å². The summed E-state index contributed by atoms with van der Waals surface area (Å²) >= 11 is 1.63. The van der Waals surface area contributed by atoms with E-state index in [2.05, 4.69) is 21.9 Å². The third-order valence-electron chi connectivity index (χ3n) is 10.8. The molecule has 0 unspecified atom stereocenters. The number of hydrogen-bond donors (Lipinski definition) is 2. The molecule has 0 aliphatic heterocycles. The maximum Gasteiger partial charge on any atom is 0.180 e. The Morgan fingerprint density at radius 2 is 0.851 bits per heavy atom. The lowest BCUT2D eigenvalue weighted by Crippen LogP contribution is -2.17. The minimum absolute atomic E-state index is 0.0322. The lowest BCUT2D eigenvalue weighted by Gasteiger charge is -2.25. The van der Waals surface area contributed by atoms with Gasteiger partial charge in [-0.25, -0.2) is 16.8 Å². The van der Waals surface area contributed by atoms with Crippen molar-refractivity contribution < 1.29 is 35.8 Å². The average molecular weight is 967 g/mol. The highest BCUT2D eigenvalue weighted by atomic mass is 32.2. The molecular weight excluding hydrogens is 905 g/mol. The van der Waals surface area contributed by atoms with Crippen molar-refractivity contribution in [2.24, 2.45) is 0 Å². The van der Waals surface area contributed by atoms with Gasteiger partial charge >= 0.3 is 0 Å². The molecule has 0 radical (unpaired) electrons. The van der Waals surface area contributed by atoms with Crippen LogP contribution >= 0.6 is 11.8 Å². The van der Waals surface area contributed by atoms with Crippen LogP contribution in [0, 0.1) is 13.8 Å². The molecule has 0 aliphatic carbocycles. The molecule has 0 heterocycles. The molecule has 12 nitrogen and oxygen atoms in total. The van der Waals surface area contributed by atoms with Gasteiger partial charge in [0.2, 0.25) is 0 Å². The fourth-order valence-electron chi connectivity index (χ4n) is 7.44. The number of sulfone groups is 2. The van der Waals surface area contributed by atoms with Gasteiger partial charge in [-0.15, -0.1) is 0 Å². The second-order valence-corrected chi connectivity index (χ2v) is 22.1. The average Bonchev–Trinajstić information content (AvgIpc) is 3.28. The highest BCUT2D eigenvalue weighted by Crippen LogP contribution is 2.47. The Morgan fingerprint density at radius 1 is 0.478 bits per heavy atom. The fourth-order valence-corrected chi connectivity index (χ4v) is 10.8. The molecule has 0 aliphatic rings. The fraction of sp³-hybridized carbons (Fsp3) is 0.308. The van der Waals surface area contributed by atoms with E-state index < -0.39 is 19.7 Å². The zero-order chi connectivity index (χ0) is 48.1. The summed E-state index contributed by atoms with van der Waals surface area (Å²) in [6.45, 7) is 5.76. The Kier molecular flexibility index (Phi) is 17.9. The molecule has 0 aromatic heterocycles. The van der Waals surface area contributed by atoms with Crippen LogP contribution in [0.1, 0.15) is 22.3 Å². The third-order valence-corrected chi connectivity index (χ3v) is 15.4. The van der Waals surface area contributed by atoms with E-state index in [9.17, 15) is 16.8 Å². The summed E-state index contributed by atoms with van der Waals surface area (Å²) in [7, 11) is 1.10. The van der Waals surface area contributed by atoms with Gasteiger partial charge in [0.1, 0.15) is 24.7 Å². The monoisotopic (exact) mass is 966 g/mol. The number of aryl methyl sites for hydroxylation is 2. The van der Waals surface area contributed by atoms with E-state index >= 15 is 0 Å². The summed E-state index contributed by atoms with van der Waals surface area (Å²) in [6.07, 6.45) is 0. The van der Waals surface area contributed by atoms with Crippen molar-refractivity contribution in [3.63, 3.8) is 0 Å². The van der Waals surface area contributed by atoms with Crippen LogP contribution in [-0.4, -0.2) is 106 Å². The van der Waals surface area contributed by atoms with Crippen molar-refractivity contribution in [2.75, 3.05) is 90.8 Å². The molecular formula is C52H62N4O8S3. The van der Waals surface area contributed by atoms with Crippen molar-refractivity contribution >= 4 is 42.8 Å². The molecule has 6 rings (SSSR count). The van der Waals surface area contributed by atoms with Gasteiger partial charge in [-0.3, -0.25) is 0 Å². The number of ether oxygens (including phenoxy) is 4. The number of rotatable bonds is 24. The number of nitrogens with zero attached hydrogens (tertiary/aromatic N) is 2. The molecule has 0 amide bonds. The summed E-state index contributed by atoms with van der Waals surface area (Å²) in [4.78, 5) is 6.75. The van der Waals surface area contributed by atoms with E-state index in [0.717, 1.165) is 54.3 Å². The molecule has 0 saturated carbocycles. The topological polar surface area (TPSA) is 164 Å². The molecule has 67 heavy (non-hydrogen) atoms. The van der Waals surface area contributed by atoms with Crippen molar-refractivity contribution in [3.8, 4) is 33.8 Å². The predicted molar refractivity (Wildman–Crippen MR) is 271 cm³/mol. The van der Waals surface area contributed by atoms with Gasteiger partial charge in [0.15, 0.2) is 19.7 Å². The molecule has 0 bridgehead atoms. The first-order chi connectivity index (χ1) is 32.0. The van der Waals surface area contributed by atoms with Crippen molar-refractivity contribution in [1.82, 2.24) is 9.80 Å². The van der Waals surface area contributed by atoms with Crippen LogP contribution in [0.2, 0.25) is 0 Å². The highest BCUT2D eigenvalue weighted by Gasteiger charge is 2.24. The SMILES string of the molecule is Cc1ccc(S(=O)(=O)CCOCCOc2ccc(Sc3ccc(OCCOCCS(=O)(=O)c4ccc(C)cc4)c(-c4ccccc4N)c3CN(C)C)c(CN(C)C)c2-c2ccccc2N)cc1. The van der Waals surface area contributed by atoms with Gasteiger partial charge in [-0.05, 0) is 114 Å². The summed E-state index contributed by atoms with van der Waals surface area (Å²) in [5, 5.41) is 0. The number of para-hydroxylation sites is 2. The van der Waals surface area contributed by atoms with Gasteiger partial charge < -0.3 is 40.2 Å². The number of anilines is 2. The Bertz CT molecular complexity index is 2630. The van der Waals surface area contributed by atoms with Crippen molar-refractivity contribution in [1.29, 1.82) is 0 Å². The minimum atomic E-state index is -3.49. The first-order valence-electron chi connectivity index (χ1n) is 22.0.